The van der Waals surface area contributed by atoms with E-state index in [0.717, 1.165) is 16.5 Å². The first-order valence-electron chi connectivity index (χ1n) is 15.1. The number of fused-ring (bicyclic) bond motifs is 1. The van der Waals surface area contributed by atoms with Crippen LogP contribution in [0.5, 0.6) is 5.75 Å². The summed E-state index contributed by atoms with van der Waals surface area (Å²) in [5, 5.41) is 28.5. The van der Waals surface area contributed by atoms with Crippen molar-refractivity contribution in [2.24, 2.45) is 28.1 Å². The maximum atomic E-state index is 13.7. The van der Waals surface area contributed by atoms with Crippen LogP contribution in [0.2, 0.25) is 0 Å². The molecule has 0 aliphatic rings. The molecule has 3 aromatic rings. The number of hydrogen-bond donors (Lipinski definition) is 9. The van der Waals surface area contributed by atoms with Crippen LogP contribution in [0.1, 0.15) is 44.2 Å². The van der Waals surface area contributed by atoms with Crippen LogP contribution in [-0.2, 0) is 32.0 Å². The Hall–Kier alpha value is -5.11. The molecule has 0 radical (unpaired) electrons. The number of amides is 3. The molecule has 1 heterocycles. The molecular weight excluding hydrogens is 592 g/mol. The molecule has 0 aliphatic carbocycles. The molecule has 0 aliphatic heterocycles. The number of aliphatic carboxylic acids is 1. The van der Waals surface area contributed by atoms with E-state index in [1.165, 1.54) is 12.1 Å². The van der Waals surface area contributed by atoms with Gasteiger partial charge < -0.3 is 48.3 Å². The Balaban J connectivity index is 1.76. The third-order valence-corrected chi connectivity index (χ3v) is 7.37. The summed E-state index contributed by atoms with van der Waals surface area (Å²) in [5.74, 6) is -3.21. The lowest BCUT2D eigenvalue weighted by molar-refractivity contribution is -0.142. The van der Waals surface area contributed by atoms with Crippen molar-refractivity contribution < 1.29 is 29.4 Å². The topological polar surface area (TPSA) is 251 Å². The lowest BCUT2D eigenvalue weighted by atomic mass is 9.99. The minimum Gasteiger partial charge on any atom is -0.508 e. The van der Waals surface area contributed by atoms with E-state index in [0.29, 0.717) is 12.0 Å². The Kier molecular flexibility index (Phi) is 12.9. The number of hydrogen-bond acceptors (Lipinski definition) is 7. The van der Waals surface area contributed by atoms with Crippen LogP contribution in [0.25, 0.3) is 10.9 Å². The molecule has 248 valence electrons. The number of nitrogens with two attached hydrogens (primary N) is 3. The Morgan fingerprint density at radius 3 is 2.15 bits per heavy atom. The number of carbonyl (C=O) groups excluding carboxylic acids is 3. The van der Waals surface area contributed by atoms with E-state index in [9.17, 15) is 29.4 Å². The van der Waals surface area contributed by atoms with E-state index in [1.807, 2.05) is 38.1 Å². The molecule has 0 bridgehead atoms. The number of nitrogens with zero attached hydrogens (tertiary/aromatic N) is 1. The Morgan fingerprint density at radius 2 is 1.50 bits per heavy atom. The van der Waals surface area contributed by atoms with Crippen LogP contribution in [-0.4, -0.2) is 75.6 Å². The zero-order valence-electron chi connectivity index (χ0n) is 26.0. The smallest absolute Gasteiger partial charge is 0.326 e. The highest BCUT2D eigenvalue weighted by Crippen LogP contribution is 2.19. The first-order chi connectivity index (χ1) is 21.8. The molecule has 2 aromatic carbocycles. The second-order valence-electron chi connectivity index (χ2n) is 11.6. The summed E-state index contributed by atoms with van der Waals surface area (Å²) < 4.78 is 0. The van der Waals surface area contributed by atoms with E-state index < -0.39 is 47.9 Å². The van der Waals surface area contributed by atoms with Gasteiger partial charge in [0.1, 0.15) is 23.9 Å². The first-order valence-corrected chi connectivity index (χ1v) is 15.1. The molecule has 1 aromatic heterocycles. The molecule has 3 amide bonds. The number of guanidine groups is 1. The fraction of sp³-hybridized carbons (Fsp3) is 0.406. The van der Waals surface area contributed by atoms with Gasteiger partial charge in [-0.15, -0.1) is 0 Å². The molecule has 12 N–H and O–H groups in total. The van der Waals surface area contributed by atoms with Gasteiger partial charge in [-0.25, -0.2) is 4.79 Å². The number of H-pyrrole nitrogens is 1. The van der Waals surface area contributed by atoms with Gasteiger partial charge in [0.05, 0.1) is 6.04 Å². The van der Waals surface area contributed by atoms with E-state index in [4.69, 9.17) is 17.2 Å². The SMILES string of the molecule is CC(C)CC(NC(=O)C(Cc1ccc(O)cc1)NC(=O)C(N)CCCN=C(N)N)C(=O)NC(Cc1c[nH]c2ccccc12)C(=O)O. The minimum absolute atomic E-state index is 0.0219. The van der Waals surface area contributed by atoms with Gasteiger partial charge in [-0.05, 0) is 54.5 Å². The van der Waals surface area contributed by atoms with Gasteiger partial charge in [0.2, 0.25) is 17.7 Å². The monoisotopic (exact) mass is 636 g/mol. The normalized spacial score (nSPS) is 13.7. The lowest BCUT2D eigenvalue weighted by Gasteiger charge is -2.26. The zero-order chi connectivity index (χ0) is 33.8. The third kappa shape index (κ3) is 10.8. The number of aliphatic imine (C=N–C) groups is 1. The molecule has 14 heteroatoms. The van der Waals surface area contributed by atoms with Crippen LogP contribution >= 0.6 is 0 Å². The standard InChI is InChI=1S/C32H44N8O6/c1-18(2)14-25(29(43)40-27(31(45)46)16-20-17-37-24-8-4-3-6-22(20)24)39-30(44)26(15-19-9-11-21(41)12-10-19)38-28(42)23(33)7-5-13-36-32(34)35/h3-4,6,8-12,17-18,23,25-27,37,41H,5,7,13-16,33H2,1-2H3,(H,38,42)(H,39,44)(H,40,43)(H,45,46)(H4,34,35,36). The summed E-state index contributed by atoms with van der Waals surface area (Å²) in [6.45, 7) is 4.01. The summed E-state index contributed by atoms with van der Waals surface area (Å²) in [6.07, 6.45) is 2.66. The first kappa shape index (κ1) is 35.4. The summed E-state index contributed by atoms with van der Waals surface area (Å²) in [6, 6.07) is 9.11. The predicted molar refractivity (Wildman–Crippen MR) is 175 cm³/mol. The summed E-state index contributed by atoms with van der Waals surface area (Å²) in [4.78, 5) is 59.3. The fourth-order valence-corrected chi connectivity index (χ4v) is 4.97. The summed E-state index contributed by atoms with van der Waals surface area (Å²) >= 11 is 0. The van der Waals surface area contributed by atoms with Crippen LogP contribution in [0.3, 0.4) is 0 Å². The van der Waals surface area contributed by atoms with Crippen molar-refractivity contribution in [3.63, 3.8) is 0 Å². The van der Waals surface area contributed by atoms with Gasteiger partial charge in [-0.2, -0.15) is 0 Å². The highest BCUT2D eigenvalue weighted by molar-refractivity contribution is 5.94. The predicted octanol–water partition coefficient (Wildman–Crippen LogP) is 0.625. The number of phenolic OH excluding ortho intramolecular Hbond substituents is 1. The molecule has 0 spiro atoms. The van der Waals surface area contributed by atoms with Crippen LogP contribution in [0.15, 0.2) is 59.7 Å². The molecule has 0 fully saturated rings. The van der Waals surface area contributed by atoms with E-state index in [-0.39, 0.29) is 49.9 Å². The molecule has 3 rings (SSSR count). The third-order valence-electron chi connectivity index (χ3n) is 7.37. The average Bonchev–Trinajstić information content (AvgIpc) is 3.41. The quantitative estimate of drug-likeness (QED) is 0.0571. The number of carboxylic acids is 1. The summed E-state index contributed by atoms with van der Waals surface area (Å²) in [7, 11) is 0. The van der Waals surface area contributed by atoms with Crippen LogP contribution in [0.4, 0.5) is 0 Å². The number of phenols is 1. The number of aromatic amines is 1. The van der Waals surface area contributed by atoms with E-state index >= 15 is 0 Å². The number of aromatic nitrogens is 1. The highest BCUT2D eigenvalue weighted by Gasteiger charge is 2.31. The van der Waals surface area contributed by atoms with Gasteiger partial charge in [0.15, 0.2) is 5.96 Å². The van der Waals surface area contributed by atoms with Crippen molar-refractivity contribution in [2.45, 2.75) is 70.1 Å². The van der Waals surface area contributed by atoms with Gasteiger partial charge in [-0.1, -0.05) is 44.2 Å². The molecule has 4 atom stereocenters. The van der Waals surface area contributed by atoms with Crippen molar-refractivity contribution in [2.75, 3.05) is 6.54 Å². The number of rotatable bonds is 17. The van der Waals surface area contributed by atoms with E-state index in [1.54, 1.807) is 18.3 Å². The van der Waals surface area contributed by atoms with Crippen molar-refractivity contribution in [1.29, 1.82) is 0 Å². The van der Waals surface area contributed by atoms with Gasteiger partial charge in [0, 0.05) is 36.5 Å². The Bertz CT molecular complexity index is 1520. The van der Waals surface area contributed by atoms with Crippen molar-refractivity contribution >= 4 is 40.6 Å². The lowest BCUT2D eigenvalue weighted by Crippen LogP contribution is -2.58. The minimum atomic E-state index is -1.26. The second-order valence-corrected chi connectivity index (χ2v) is 11.6. The number of carbonyl (C=O) groups is 4. The zero-order valence-corrected chi connectivity index (χ0v) is 26.0. The number of nitrogens with one attached hydrogen (secondary N) is 4. The molecular formula is C32H44N8O6. The van der Waals surface area contributed by atoms with Gasteiger partial charge >= 0.3 is 5.97 Å². The van der Waals surface area contributed by atoms with Crippen molar-refractivity contribution in [3.05, 3.63) is 65.9 Å². The molecule has 0 saturated heterocycles. The van der Waals surface area contributed by atoms with Gasteiger partial charge in [0.25, 0.3) is 0 Å². The largest absolute Gasteiger partial charge is 0.508 e. The molecule has 46 heavy (non-hydrogen) atoms. The highest BCUT2D eigenvalue weighted by atomic mass is 16.4. The van der Waals surface area contributed by atoms with Crippen molar-refractivity contribution in [1.82, 2.24) is 20.9 Å². The number of benzene rings is 2. The number of para-hydroxylation sites is 1. The van der Waals surface area contributed by atoms with Gasteiger partial charge in [-0.3, -0.25) is 19.4 Å². The molecule has 4 unspecified atom stereocenters. The maximum Gasteiger partial charge on any atom is 0.326 e. The Morgan fingerprint density at radius 1 is 0.870 bits per heavy atom. The number of carboxylic acid groups (broad SMARTS) is 1. The van der Waals surface area contributed by atoms with E-state index in [2.05, 4.69) is 25.9 Å². The fourth-order valence-electron chi connectivity index (χ4n) is 4.97. The summed E-state index contributed by atoms with van der Waals surface area (Å²) in [5.41, 5.74) is 18.9. The maximum absolute atomic E-state index is 13.7. The van der Waals surface area contributed by atoms with Crippen LogP contribution < -0.4 is 33.2 Å². The Labute approximate surface area is 267 Å². The number of aromatic hydroxyl groups is 1. The second kappa shape index (κ2) is 16.8. The van der Waals surface area contributed by atoms with Crippen LogP contribution in [0, 0.1) is 5.92 Å². The molecule has 14 nitrogen and oxygen atoms in total. The average molecular weight is 637 g/mol. The van der Waals surface area contributed by atoms with Crippen molar-refractivity contribution in [3.8, 4) is 5.75 Å². The molecule has 0 saturated carbocycles.